The van der Waals surface area contributed by atoms with Gasteiger partial charge in [-0.25, -0.2) is 0 Å². The van der Waals surface area contributed by atoms with Gasteiger partial charge in [0.15, 0.2) is 0 Å². The third-order valence-electron chi connectivity index (χ3n) is 0.624. The van der Waals surface area contributed by atoms with Crippen molar-refractivity contribution >= 4 is 218 Å². The third-order valence-corrected chi connectivity index (χ3v) is 7.78. The standard InChI is InChI=1S/C2Br4F2.2C2H2Br2F2.C2H4.2Br2.2BrH/c3-1(4,5)2(6,7)8;2*3-1-2(4,5)6;3*1-2;;/h;2*1H2;1-2H2;;;2*1H. The lowest BCUT2D eigenvalue weighted by atomic mass is 10.9. The molecule has 0 amide bonds. The van der Waals surface area contributed by atoms with Crippen LogP contribution in [0.2, 0.25) is 0 Å². The first-order valence-electron chi connectivity index (χ1n) is 4.55. The van der Waals surface area contributed by atoms with E-state index in [4.69, 9.17) is 0 Å². The molecule has 0 saturated carbocycles. The molecular formula is C8H10Br14F6. The van der Waals surface area contributed by atoms with Crippen molar-refractivity contribution in [1.82, 2.24) is 0 Å². The van der Waals surface area contributed by atoms with Crippen molar-refractivity contribution in [3.8, 4) is 0 Å². The summed E-state index contributed by atoms with van der Waals surface area (Å²) in [6, 6.07) is 0. The van der Waals surface area contributed by atoms with Crippen LogP contribution in [0.15, 0.2) is 13.2 Å². The Balaban J connectivity index is -0.0000000307. The summed E-state index contributed by atoms with van der Waals surface area (Å²) in [6.45, 7) is 6.00. The molecule has 28 heavy (non-hydrogen) atoms. The van der Waals surface area contributed by atoms with Crippen molar-refractivity contribution in [1.29, 1.82) is 0 Å². The van der Waals surface area contributed by atoms with Gasteiger partial charge in [-0.3, -0.25) is 0 Å². The summed E-state index contributed by atoms with van der Waals surface area (Å²) in [4.78, 5) is -8.46. The molecule has 0 aromatic rings. The van der Waals surface area contributed by atoms with Crippen molar-refractivity contribution in [3.63, 3.8) is 0 Å². The summed E-state index contributed by atoms with van der Waals surface area (Å²) >= 11 is 30.4. The van der Waals surface area contributed by atoms with Crippen LogP contribution in [0.1, 0.15) is 0 Å². The van der Waals surface area contributed by atoms with Crippen LogP contribution in [0, 0.1) is 0 Å². The maximum absolute atomic E-state index is 12.0. The van der Waals surface area contributed by atoms with E-state index in [1.807, 2.05) is 0 Å². The molecule has 0 aromatic carbocycles. The minimum absolute atomic E-state index is 0. The van der Waals surface area contributed by atoms with Crippen molar-refractivity contribution < 1.29 is 26.3 Å². The zero-order valence-corrected chi connectivity index (χ0v) is 34.9. The highest BCUT2D eigenvalue weighted by molar-refractivity contribution is 9.93. The Morgan fingerprint density at radius 3 is 0.607 bits per heavy atom. The molecule has 182 valence electrons. The summed E-state index contributed by atoms with van der Waals surface area (Å²) in [6.07, 6.45) is 0. The van der Waals surface area contributed by atoms with Gasteiger partial charge in [0.1, 0.15) is 0 Å². The fourth-order valence-corrected chi connectivity index (χ4v) is 0. The molecular weight excluding hydrogens is 1330 g/mol. The minimum Gasteiger partial charge on any atom is -0.193 e. The molecule has 0 saturated heterocycles. The van der Waals surface area contributed by atoms with E-state index in [9.17, 15) is 26.3 Å². The first-order chi connectivity index (χ1) is 11.4. The Hall–Kier alpha value is 6.04. The van der Waals surface area contributed by atoms with Gasteiger partial charge in [0, 0.05) is 56.5 Å². The summed E-state index contributed by atoms with van der Waals surface area (Å²) in [5.74, 6) is 0. The van der Waals surface area contributed by atoms with E-state index in [2.05, 4.69) is 197 Å². The second kappa shape index (κ2) is 33.0. The van der Waals surface area contributed by atoms with Gasteiger partial charge in [-0.05, 0) is 47.8 Å². The molecule has 0 bridgehead atoms. The maximum Gasteiger partial charge on any atom is 0.335 e. The first kappa shape index (κ1) is 54.8. The summed E-state index contributed by atoms with van der Waals surface area (Å²) in [5, 5.41) is -0.667. The predicted molar refractivity (Wildman–Crippen MR) is 166 cm³/mol. The lowest BCUT2D eigenvalue weighted by Crippen LogP contribution is -2.23. The second-order valence-corrected chi connectivity index (χ2v) is 13.7. The minimum atomic E-state index is -3.00. The zero-order chi connectivity index (χ0) is 23.4. The van der Waals surface area contributed by atoms with Gasteiger partial charge in [-0.2, -0.15) is 26.3 Å². The number of halogens is 20. The lowest BCUT2D eigenvalue weighted by molar-refractivity contribution is 0.131. The topological polar surface area (TPSA) is 0 Å². The average molecular weight is 1340 g/mol. The lowest BCUT2D eigenvalue weighted by Gasteiger charge is -2.17. The number of rotatable bonds is 2. The molecule has 0 aliphatic rings. The van der Waals surface area contributed by atoms with Crippen LogP contribution in [0.25, 0.3) is 0 Å². The molecule has 0 radical (unpaired) electrons. The highest BCUT2D eigenvalue weighted by Crippen LogP contribution is 2.50. The quantitative estimate of drug-likeness (QED) is 0.147. The van der Waals surface area contributed by atoms with E-state index in [0.717, 1.165) is 0 Å². The van der Waals surface area contributed by atoms with E-state index in [1.54, 1.807) is 0 Å². The van der Waals surface area contributed by atoms with Crippen molar-refractivity contribution in [3.05, 3.63) is 13.2 Å². The van der Waals surface area contributed by atoms with Crippen molar-refractivity contribution in [2.24, 2.45) is 0 Å². The van der Waals surface area contributed by atoms with Crippen LogP contribution in [-0.4, -0.2) is 27.3 Å². The smallest absolute Gasteiger partial charge is 0.193 e. The van der Waals surface area contributed by atoms with E-state index >= 15 is 0 Å². The van der Waals surface area contributed by atoms with Crippen LogP contribution in [0.5, 0.6) is 0 Å². The Kier molecular flexibility index (Phi) is 64.7. The number of alkyl halides is 14. The molecule has 0 atom stereocenters. The van der Waals surface area contributed by atoms with Gasteiger partial charge >= 0.3 is 14.5 Å². The Labute approximate surface area is 279 Å². The normalized spacial score (nSPS) is 9.79. The van der Waals surface area contributed by atoms with E-state index < -0.39 is 16.6 Å². The highest BCUT2D eigenvalue weighted by atomic mass is 80.9. The number of hydrogen-bond acceptors (Lipinski definition) is 0. The monoisotopic (exact) mass is 1320 g/mol. The molecule has 0 unspecified atom stereocenters. The Morgan fingerprint density at radius 2 is 0.607 bits per heavy atom. The van der Waals surface area contributed by atoms with Gasteiger partial charge in [0.25, 0.3) is 0 Å². The zero-order valence-electron chi connectivity index (χ0n) is 12.4. The van der Waals surface area contributed by atoms with Gasteiger partial charge in [-0.15, -0.1) is 47.1 Å². The van der Waals surface area contributed by atoms with Crippen LogP contribution in [0.3, 0.4) is 0 Å². The highest BCUT2D eigenvalue weighted by Gasteiger charge is 2.46. The van der Waals surface area contributed by atoms with E-state index in [1.165, 1.54) is 0 Å². The van der Waals surface area contributed by atoms with E-state index in [-0.39, 0.29) is 44.6 Å². The van der Waals surface area contributed by atoms with Crippen molar-refractivity contribution in [2.45, 2.75) is 16.6 Å². The molecule has 0 aliphatic heterocycles. The second-order valence-electron chi connectivity index (χ2n) is 2.49. The fraction of sp³-hybridized carbons (Fsp3) is 0.750. The summed E-state index contributed by atoms with van der Waals surface area (Å²) in [5.41, 5.74) is 0. The molecule has 0 nitrogen and oxygen atoms in total. The van der Waals surface area contributed by atoms with Gasteiger partial charge in [-0.1, -0.05) is 79.6 Å². The molecule has 20 heteroatoms. The molecule has 0 aromatic heterocycles. The van der Waals surface area contributed by atoms with Crippen molar-refractivity contribution in [2.75, 3.05) is 10.7 Å². The van der Waals surface area contributed by atoms with Gasteiger partial charge < -0.3 is 0 Å². The first-order valence-corrected chi connectivity index (χ1v) is 19.0. The molecule has 0 fully saturated rings. The SMILES string of the molecule is Br.Br.BrBr.BrBr.C=C.FC(F)(Br)C(Br)(Br)Br.FC(F)(Br)CBr.FC(F)(Br)CBr. The van der Waals surface area contributed by atoms with Crippen LogP contribution >= 0.6 is 218 Å². The molecule has 0 aliphatic carbocycles. The van der Waals surface area contributed by atoms with Crippen LogP contribution in [0.4, 0.5) is 26.3 Å². The number of hydrogen-bond donors (Lipinski definition) is 0. The third kappa shape index (κ3) is 69.7. The summed E-state index contributed by atoms with van der Waals surface area (Å²) in [7, 11) is 0. The van der Waals surface area contributed by atoms with Crippen LogP contribution < -0.4 is 0 Å². The fourth-order valence-electron chi connectivity index (χ4n) is 0. The maximum atomic E-state index is 12.0. The summed E-state index contributed by atoms with van der Waals surface area (Å²) < 4.78 is 67.8. The van der Waals surface area contributed by atoms with E-state index in [0.29, 0.717) is 0 Å². The molecule has 0 heterocycles. The molecule has 0 rings (SSSR count). The van der Waals surface area contributed by atoms with Gasteiger partial charge in [0.05, 0.1) is 10.7 Å². The molecule has 0 N–H and O–H groups in total. The van der Waals surface area contributed by atoms with Gasteiger partial charge in [0.2, 0.25) is 2.14 Å². The largest absolute Gasteiger partial charge is 0.335 e. The van der Waals surface area contributed by atoms with Crippen LogP contribution in [-0.2, 0) is 0 Å². The average Bonchev–Trinajstić information content (AvgIpc) is 2.51. The Bertz CT molecular complexity index is 235. The molecule has 0 spiro atoms. The predicted octanol–water partition coefficient (Wildman–Crippen LogP) is 13.9. The Morgan fingerprint density at radius 1 is 0.536 bits per heavy atom.